The standard InChI is InChI=1S/C69H131NO5/c1-3-5-7-9-11-13-15-17-19-35-39-43-47-51-55-59-63-69(74)75-64-60-56-52-48-44-40-36-32-30-28-26-24-22-20-21-23-25-27-29-31-34-38-42-46-50-54-58-62-68(73)70-66(65-71)67(72)61-57-53-49-45-41-37-33-18-16-14-12-10-8-6-4-2/h13,15,19-21,35,66-67,71-72H,3-12,14,16-18,22-34,36-65H2,1-2H3,(H,70,73)/b15-13-,21-20-,35-19-. The van der Waals surface area contributed by atoms with Gasteiger partial charge in [0.1, 0.15) is 0 Å². The van der Waals surface area contributed by atoms with Gasteiger partial charge in [-0.2, -0.15) is 0 Å². The van der Waals surface area contributed by atoms with Crippen molar-refractivity contribution in [3.8, 4) is 0 Å². The Morgan fingerprint density at radius 3 is 1.04 bits per heavy atom. The highest BCUT2D eigenvalue weighted by molar-refractivity contribution is 5.76. The van der Waals surface area contributed by atoms with E-state index in [1.807, 2.05) is 0 Å². The maximum Gasteiger partial charge on any atom is 0.305 e. The molecule has 0 spiro atoms. The summed E-state index contributed by atoms with van der Waals surface area (Å²) in [7, 11) is 0. The SMILES string of the molecule is CCCCCC/C=C\C/C=C\CCCCCCCC(=O)OCCCCCCCCCCCCCC/C=C\CCCCCCCCCCCCCC(=O)NC(CO)C(O)CCCCCCCCCCCCCCCCC. The molecule has 0 aromatic heterocycles. The average molecular weight is 1050 g/mol. The Kier molecular flexibility index (Phi) is 63.0. The van der Waals surface area contributed by atoms with Crippen molar-refractivity contribution in [1.82, 2.24) is 5.32 Å². The zero-order chi connectivity index (χ0) is 54.3. The highest BCUT2D eigenvalue weighted by Gasteiger charge is 2.20. The summed E-state index contributed by atoms with van der Waals surface area (Å²) in [5.41, 5.74) is 0. The predicted molar refractivity (Wildman–Crippen MR) is 329 cm³/mol. The molecule has 3 N–H and O–H groups in total. The molecule has 0 rings (SSSR count). The molecule has 1 amide bonds. The van der Waals surface area contributed by atoms with E-state index in [9.17, 15) is 19.8 Å². The molecule has 75 heavy (non-hydrogen) atoms. The first kappa shape index (κ1) is 73.1. The number of carbonyl (C=O) groups is 2. The summed E-state index contributed by atoms with van der Waals surface area (Å²) in [6.07, 6.45) is 81.7. The van der Waals surface area contributed by atoms with Gasteiger partial charge in [-0.15, -0.1) is 0 Å². The summed E-state index contributed by atoms with van der Waals surface area (Å²) in [5.74, 6) is -0.0319. The van der Waals surface area contributed by atoms with Gasteiger partial charge in [0.2, 0.25) is 5.91 Å². The van der Waals surface area contributed by atoms with Gasteiger partial charge in [-0.05, 0) is 83.5 Å². The van der Waals surface area contributed by atoms with Gasteiger partial charge in [0.05, 0.1) is 25.4 Å². The molecule has 0 fully saturated rings. The van der Waals surface area contributed by atoms with Gasteiger partial charge in [-0.25, -0.2) is 0 Å². The summed E-state index contributed by atoms with van der Waals surface area (Å²) >= 11 is 0. The molecular weight excluding hydrogens is 923 g/mol. The van der Waals surface area contributed by atoms with E-state index in [-0.39, 0.29) is 18.5 Å². The van der Waals surface area contributed by atoms with E-state index < -0.39 is 12.1 Å². The van der Waals surface area contributed by atoms with Gasteiger partial charge in [-0.3, -0.25) is 9.59 Å². The third kappa shape index (κ3) is 61.2. The maximum atomic E-state index is 12.5. The molecule has 0 heterocycles. The molecule has 2 unspecified atom stereocenters. The average Bonchev–Trinajstić information content (AvgIpc) is 3.41. The second-order valence-corrected chi connectivity index (χ2v) is 23.1. The first-order valence-electron chi connectivity index (χ1n) is 33.7. The lowest BCUT2D eigenvalue weighted by Crippen LogP contribution is -2.45. The summed E-state index contributed by atoms with van der Waals surface area (Å²) in [5, 5.41) is 23.3. The molecular formula is C69H131NO5. The third-order valence-electron chi connectivity index (χ3n) is 15.7. The Morgan fingerprint density at radius 1 is 0.373 bits per heavy atom. The Morgan fingerprint density at radius 2 is 0.667 bits per heavy atom. The minimum atomic E-state index is -0.665. The van der Waals surface area contributed by atoms with Crippen molar-refractivity contribution >= 4 is 11.9 Å². The van der Waals surface area contributed by atoms with Crippen LogP contribution in [0.5, 0.6) is 0 Å². The van der Waals surface area contributed by atoms with Crippen molar-refractivity contribution in [2.45, 2.75) is 379 Å². The van der Waals surface area contributed by atoms with E-state index in [4.69, 9.17) is 4.74 Å². The van der Waals surface area contributed by atoms with E-state index in [1.54, 1.807) is 0 Å². The van der Waals surface area contributed by atoms with E-state index in [2.05, 4.69) is 55.6 Å². The van der Waals surface area contributed by atoms with Gasteiger partial charge >= 0.3 is 5.97 Å². The lowest BCUT2D eigenvalue weighted by Gasteiger charge is -2.22. The van der Waals surface area contributed by atoms with E-state index in [0.717, 1.165) is 51.4 Å². The minimum Gasteiger partial charge on any atom is -0.466 e. The number of aliphatic hydroxyl groups is 2. The normalized spacial score (nSPS) is 12.7. The highest BCUT2D eigenvalue weighted by Crippen LogP contribution is 2.18. The van der Waals surface area contributed by atoms with Crippen LogP contribution in [-0.2, 0) is 14.3 Å². The summed E-state index contributed by atoms with van der Waals surface area (Å²) in [6, 6.07) is -0.542. The number of unbranched alkanes of at least 4 members (excludes halogenated alkanes) is 46. The second kappa shape index (κ2) is 64.6. The fourth-order valence-electron chi connectivity index (χ4n) is 10.5. The van der Waals surface area contributed by atoms with Crippen LogP contribution in [0, 0.1) is 0 Å². The molecule has 0 saturated carbocycles. The fourth-order valence-corrected chi connectivity index (χ4v) is 10.5. The van der Waals surface area contributed by atoms with Gasteiger partial charge < -0.3 is 20.3 Å². The van der Waals surface area contributed by atoms with Crippen molar-refractivity contribution < 1.29 is 24.5 Å². The number of hydrogen-bond donors (Lipinski definition) is 3. The van der Waals surface area contributed by atoms with Crippen molar-refractivity contribution in [2.24, 2.45) is 0 Å². The number of esters is 1. The number of nitrogens with one attached hydrogen (secondary N) is 1. The Labute approximate surface area is 468 Å². The molecule has 0 bridgehead atoms. The number of rotatable bonds is 63. The van der Waals surface area contributed by atoms with Gasteiger partial charge in [0.25, 0.3) is 0 Å². The quantitative estimate of drug-likeness (QED) is 0.0320. The molecule has 0 saturated heterocycles. The van der Waals surface area contributed by atoms with Crippen LogP contribution >= 0.6 is 0 Å². The molecule has 6 nitrogen and oxygen atoms in total. The topological polar surface area (TPSA) is 95.9 Å². The molecule has 6 heteroatoms. The van der Waals surface area contributed by atoms with Gasteiger partial charge in [0.15, 0.2) is 0 Å². The Bertz CT molecular complexity index is 1210. The lowest BCUT2D eigenvalue weighted by atomic mass is 10.0. The molecule has 0 aromatic carbocycles. The highest BCUT2D eigenvalue weighted by atomic mass is 16.5. The molecule has 2 atom stereocenters. The minimum absolute atomic E-state index is 0.00190. The van der Waals surface area contributed by atoms with Gasteiger partial charge in [0, 0.05) is 12.8 Å². The zero-order valence-corrected chi connectivity index (χ0v) is 50.5. The smallest absolute Gasteiger partial charge is 0.305 e. The van der Waals surface area contributed by atoms with Crippen LogP contribution in [0.4, 0.5) is 0 Å². The van der Waals surface area contributed by atoms with Crippen LogP contribution in [0.25, 0.3) is 0 Å². The molecule has 0 radical (unpaired) electrons. The molecule has 0 aliphatic heterocycles. The van der Waals surface area contributed by atoms with Crippen LogP contribution in [0.2, 0.25) is 0 Å². The number of amides is 1. The lowest BCUT2D eigenvalue weighted by molar-refractivity contribution is -0.143. The summed E-state index contributed by atoms with van der Waals surface area (Å²) in [6.45, 7) is 4.95. The first-order valence-corrected chi connectivity index (χ1v) is 33.7. The molecule has 0 aliphatic rings. The van der Waals surface area contributed by atoms with Crippen molar-refractivity contribution in [3.05, 3.63) is 36.5 Å². The van der Waals surface area contributed by atoms with Crippen LogP contribution in [0.3, 0.4) is 0 Å². The number of hydrogen-bond acceptors (Lipinski definition) is 5. The van der Waals surface area contributed by atoms with Gasteiger partial charge in [-0.1, -0.05) is 307 Å². The van der Waals surface area contributed by atoms with E-state index in [1.165, 1.54) is 283 Å². The maximum absolute atomic E-state index is 12.5. The van der Waals surface area contributed by atoms with E-state index >= 15 is 0 Å². The molecule has 0 aromatic rings. The largest absolute Gasteiger partial charge is 0.466 e. The first-order chi connectivity index (χ1) is 37.0. The number of allylic oxidation sites excluding steroid dienone is 6. The van der Waals surface area contributed by atoms with Crippen LogP contribution in [0.1, 0.15) is 367 Å². The van der Waals surface area contributed by atoms with Crippen LogP contribution in [-0.4, -0.2) is 47.4 Å². The van der Waals surface area contributed by atoms with Crippen molar-refractivity contribution in [1.29, 1.82) is 0 Å². The van der Waals surface area contributed by atoms with Crippen molar-refractivity contribution in [2.75, 3.05) is 13.2 Å². The third-order valence-corrected chi connectivity index (χ3v) is 15.7. The molecule has 0 aliphatic carbocycles. The zero-order valence-electron chi connectivity index (χ0n) is 50.5. The Hall–Kier alpha value is -1.92. The Balaban J connectivity index is 3.38. The fraction of sp³-hybridized carbons (Fsp3) is 0.884. The number of carbonyl (C=O) groups excluding carboxylic acids is 2. The van der Waals surface area contributed by atoms with Crippen molar-refractivity contribution in [3.63, 3.8) is 0 Å². The van der Waals surface area contributed by atoms with E-state index in [0.29, 0.717) is 25.9 Å². The molecule has 442 valence electrons. The number of aliphatic hydroxyl groups excluding tert-OH is 2. The van der Waals surface area contributed by atoms with Crippen LogP contribution < -0.4 is 5.32 Å². The second-order valence-electron chi connectivity index (χ2n) is 23.1. The summed E-state index contributed by atoms with van der Waals surface area (Å²) in [4.78, 5) is 24.6. The number of ether oxygens (including phenoxy) is 1. The predicted octanol–water partition coefficient (Wildman–Crippen LogP) is 21.5. The monoisotopic (exact) mass is 1050 g/mol. The summed E-state index contributed by atoms with van der Waals surface area (Å²) < 4.78 is 5.49. The van der Waals surface area contributed by atoms with Crippen LogP contribution in [0.15, 0.2) is 36.5 Å².